The van der Waals surface area contributed by atoms with Gasteiger partial charge in [0.1, 0.15) is 0 Å². The maximum absolute atomic E-state index is 13.3. The van der Waals surface area contributed by atoms with Crippen molar-refractivity contribution in [3.63, 3.8) is 0 Å². The average Bonchev–Trinajstić information content (AvgIpc) is 3.04. The number of nitrogens with zero attached hydrogens (tertiary/aromatic N) is 4. The quantitative estimate of drug-likeness (QED) is 0.707. The zero-order valence-corrected chi connectivity index (χ0v) is 15.9. The van der Waals surface area contributed by atoms with Crippen LogP contribution in [0.2, 0.25) is 0 Å². The number of benzene rings is 1. The van der Waals surface area contributed by atoms with Gasteiger partial charge in [-0.15, -0.1) is 0 Å². The summed E-state index contributed by atoms with van der Waals surface area (Å²) in [6.45, 7) is 3.77. The fraction of sp³-hybridized carbons (Fsp3) is 0.348. The highest BCUT2D eigenvalue weighted by Gasteiger charge is 2.37. The number of pyridine rings is 2. The molecular formula is C23H24N4O. The van der Waals surface area contributed by atoms with Crippen LogP contribution < -0.4 is 0 Å². The van der Waals surface area contributed by atoms with Crippen molar-refractivity contribution in [2.75, 3.05) is 19.6 Å². The maximum atomic E-state index is 13.3. The molecule has 0 spiro atoms. The summed E-state index contributed by atoms with van der Waals surface area (Å²) in [5.74, 6) is 0.664. The van der Waals surface area contributed by atoms with Gasteiger partial charge in [-0.1, -0.05) is 18.2 Å². The zero-order valence-electron chi connectivity index (χ0n) is 15.9. The second kappa shape index (κ2) is 7.32. The van der Waals surface area contributed by atoms with Crippen LogP contribution in [0.25, 0.3) is 10.9 Å². The van der Waals surface area contributed by atoms with E-state index in [0.29, 0.717) is 11.5 Å². The van der Waals surface area contributed by atoms with Gasteiger partial charge in [-0.05, 0) is 48.6 Å². The fourth-order valence-electron chi connectivity index (χ4n) is 4.66. The second-order valence-electron chi connectivity index (χ2n) is 8.02. The van der Waals surface area contributed by atoms with E-state index in [2.05, 4.69) is 31.9 Å². The van der Waals surface area contributed by atoms with Gasteiger partial charge >= 0.3 is 0 Å². The van der Waals surface area contributed by atoms with Crippen molar-refractivity contribution in [2.45, 2.75) is 25.4 Å². The summed E-state index contributed by atoms with van der Waals surface area (Å²) >= 11 is 0. The molecule has 3 saturated heterocycles. The lowest BCUT2D eigenvalue weighted by atomic mass is 9.94. The first-order valence-electron chi connectivity index (χ1n) is 10.0. The molecule has 6 rings (SSSR count). The van der Waals surface area contributed by atoms with Crippen LogP contribution in [-0.4, -0.2) is 51.4 Å². The van der Waals surface area contributed by atoms with Crippen molar-refractivity contribution < 1.29 is 4.79 Å². The van der Waals surface area contributed by atoms with E-state index in [1.54, 1.807) is 6.20 Å². The minimum absolute atomic E-state index is 0.124. The Morgan fingerprint density at radius 2 is 1.89 bits per heavy atom. The SMILES string of the molecule is O=C(c1cnc2ccccc2c1)N1C[C@H]2CC[C@@H]1CN(Cc1ccncc1)C2. The van der Waals surface area contributed by atoms with E-state index in [-0.39, 0.29) is 11.9 Å². The Labute approximate surface area is 165 Å². The molecule has 1 amide bonds. The molecular weight excluding hydrogens is 348 g/mol. The van der Waals surface area contributed by atoms with Gasteiger partial charge in [0.15, 0.2) is 0 Å². The summed E-state index contributed by atoms with van der Waals surface area (Å²) in [5, 5.41) is 1.02. The molecule has 3 aromatic rings. The smallest absolute Gasteiger partial charge is 0.255 e. The molecule has 3 aliphatic heterocycles. The minimum Gasteiger partial charge on any atom is -0.334 e. The number of amides is 1. The molecule has 2 aromatic heterocycles. The van der Waals surface area contributed by atoms with Crippen molar-refractivity contribution in [3.05, 3.63) is 72.2 Å². The van der Waals surface area contributed by atoms with E-state index >= 15 is 0 Å². The summed E-state index contributed by atoms with van der Waals surface area (Å²) in [7, 11) is 0. The van der Waals surface area contributed by atoms with E-state index in [1.165, 1.54) is 12.0 Å². The van der Waals surface area contributed by atoms with Gasteiger partial charge in [-0.3, -0.25) is 19.7 Å². The molecule has 2 bridgehead atoms. The zero-order chi connectivity index (χ0) is 18.9. The molecule has 2 atom stereocenters. The highest BCUT2D eigenvalue weighted by Crippen LogP contribution is 2.30. The topological polar surface area (TPSA) is 49.3 Å². The Balaban J connectivity index is 1.36. The number of hydrogen-bond donors (Lipinski definition) is 0. The maximum Gasteiger partial charge on any atom is 0.255 e. The molecule has 5 heterocycles. The number of para-hydroxylation sites is 1. The number of hydrogen-bond acceptors (Lipinski definition) is 4. The third kappa shape index (κ3) is 3.38. The van der Waals surface area contributed by atoms with Gasteiger partial charge in [-0.2, -0.15) is 0 Å². The highest BCUT2D eigenvalue weighted by molar-refractivity contribution is 5.97. The van der Waals surface area contributed by atoms with Crippen LogP contribution in [0.3, 0.4) is 0 Å². The average molecular weight is 372 g/mol. The predicted molar refractivity (Wildman–Crippen MR) is 109 cm³/mol. The Morgan fingerprint density at radius 1 is 1.04 bits per heavy atom. The standard InChI is InChI=1S/C23H24N4O/c28-23(20-11-19-3-1-2-4-22(19)25-12-20)27-15-18-5-6-21(27)16-26(14-18)13-17-7-9-24-10-8-17/h1-4,7-12,18,21H,5-6,13-16H2/t18-,21+/m0/s1. The van der Waals surface area contributed by atoms with Gasteiger partial charge in [0.25, 0.3) is 5.91 Å². The first-order chi connectivity index (χ1) is 13.8. The molecule has 5 nitrogen and oxygen atoms in total. The molecule has 0 N–H and O–H groups in total. The summed E-state index contributed by atoms with van der Waals surface area (Å²) in [5.41, 5.74) is 2.92. The van der Waals surface area contributed by atoms with Gasteiger partial charge in [0.05, 0.1) is 11.1 Å². The van der Waals surface area contributed by atoms with Crippen molar-refractivity contribution >= 4 is 16.8 Å². The van der Waals surface area contributed by atoms with Gasteiger partial charge < -0.3 is 4.90 Å². The lowest BCUT2D eigenvalue weighted by molar-refractivity contribution is 0.0584. The lowest BCUT2D eigenvalue weighted by Crippen LogP contribution is -2.47. The summed E-state index contributed by atoms with van der Waals surface area (Å²) in [4.78, 5) is 26.5. The van der Waals surface area contributed by atoms with E-state index in [4.69, 9.17) is 0 Å². The first kappa shape index (κ1) is 17.3. The number of carbonyl (C=O) groups is 1. The molecule has 0 aliphatic carbocycles. The van der Waals surface area contributed by atoms with Gasteiger partial charge in [-0.25, -0.2) is 0 Å². The van der Waals surface area contributed by atoms with Crippen molar-refractivity contribution in [1.82, 2.24) is 19.8 Å². The van der Waals surface area contributed by atoms with Crippen LogP contribution in [0, 0.1) is 5.92 Å². The number of carbonyl (C=O) groups excluding carboxylic acids is 1. The molecule has 5 heteroatoms. The first-order valence-corrected chi connectivity index (χ1v) is 10.0. The minimum atomic E-state index is 0.124. The van der Waals surface area contributed by atoms with Crippen LogP contribution in [0.5, 0.6) is 0 Å². The van der Waals surface area contributed by atoms with E-state index in [9.17, 15) is 4.79 Å². The summed E-state index contributed by atoms with van der Waals surface area (Å²) in [6, 6.07) is 14.4. The van der Waals surface area contributed by atoms with Crippen LogP contribution >= 0.6 is 0 Å². The Hall–Kier alpha value is -2.79. The molecule has 3 fully saturated rings. The number of rotatable bonds is 3. The van der Waals surface area contributed by atoms with Crippen molar-refractivity contribution in [1.29, 1.82) is 0 Å². The van der Waals surface area contributed by atoms with E-state index in [0.717, 1.165) is 43.5 Å². The van der Waals surface area contributed by atoms with Crippen molar-refractivity contribution in [3.8, 4) is 0 Å². The number of piperidine rings is 1. The Kier molecular flexibility index (Phi) is 4.53. The van der Waals surface area contributed by atoms with Crippen molar-refractivity contribution in [2.24, 2.45) is 5.92 Å². The van der Waals surface area contributed by atoms with Gasteiger partial charge in [0.2, 0.25) is 0 Å². The van der Waals surface area contributed by atoms with E-state index < -0.39 is 0 Å². The fourth-order valence-corrected chi connectivity index (χ4v) is 4.66. The molecule has 1 aromatic carbocycles. The third-order valence-corrected chi connectivity index (χ3v) is 6.04. The second-order valence-corrected chi connectivity index (χ2v) is 8.02. The molecule has 0 saturated carbocycles. The molecule has 0 unspecified atom stereocenters. The lowest BCUT2D eigenvalue weighted by Gasteiger charge is -2.36. The Morgan fingerprint density at radius 3 is 2.79 bits per heavy atom. The molecule has 0 radical (unpaired) electrons. The summed E-state index contributed by atoms with van der Waals surface area (Å²) in [6.07, 6.45) is 7.73. The van der Waals surface area contributed by atoms with E-state index in [1.807, 2.05) is 42.7 Å². The predicted octanol–water partition coefficient (Wildman–Crippen LogP) is 3.37. The highest BCUT2D eigenvalue weighted by atomic mass is 16.2. The Bertz CT molecular complexity index is 990. The normalized spacial score (nSPS) is 22.4. The van der Waals surface area contributed by atoms with Crippen LogP contribution in [0.4, 0.5) is 0 Å². The molecule has 28 heavy (non-hydrogen) atoms. The van der Waals surface area contributed by atoms with Crippen LogP contribution in [0.15, 0.2) is 61.1 Å². The monoisotopic (exact) mass is 372 g/mol. The summed E-state index contributed by atoms with van der Waals surface area (Å²) < 4.78 is 0. The van der Waals surface area contributed by atoms with Gasteiger partial charge in [0, 0.05) is 56.2 Å². The van der Waals surface area contributed by atoms with Crippen LogP contribution in [-0.2, 0) is 6.54 Å². The number of fused-ring (bicyclic) bond motifs is 5. The number of aromatic nitrogens is 2. The molecule has 142 valence electrons. The third-order valence-electron chi connectivity index (χ3n) is 6.04. The van der Waals surface area contributed by atoms with Crippen LogP contribution in [0.1, 0.15) is 28.8 Å². The molecule has 3 aliphatic rings. The largest absolute Gasteiger partial charge is 0.334 e.